The second-order valence-electron chi connectivity index (χ2n) is 5.24. The number of nitrogens with one attached hydrogen (secondary N) is 1. The topological polar surface area (TPSA) is 112 Å². The fraction of sp³-hybridized carbons (Fsp3) is 0.267. The zero-order chi connectivity index (χ0) is 17.9. The first kappa shape index (κ1) is 16.8. The number of rotatable bonds is 6. The van der Waals surface area contributed by atoms with Gasteiger partial charge in [-0.05, 0) is 25.1 Å². The molecule has 1 aromatic carbocycles. The van der Waals surface area contributed by atoms with Gasteiger partial charge in [-0.3, -0.25) is 4.79 Å². The summed E-state index contributed by atoms with van der Waals surface area (Å²) in [6.07, 6.45) is 0. The normalized spacial score (nSPS) is 12.3. The molecule has 3 aromatic rings. The number of nitrogens with zero attached hydrogens (tertiary/aromatic N) is 4. The van der Waals surface area contributed by atoms with Crippen molar-refractivity contribution in [3.05, 3.63) is 29.0 Å². The molecule has 0 saturated heterocycles. The van der Waals surface area contributed by atoms with E-state index in [4.69, 9.17) is 14.0 Å². The Bertz CT molecular complexity index is 942. The van der Waals surface area contributed by atoms with Crippen LogP contribution in [0.5, 0.6) is 11.5 Å². The number of carbonyl (C=O) groups excluding carboxylic acids is 1. The lowest BCUT2D eigenvalue weighted by atomic mass is 10.2. The van der Waals surface area contributed by atoms with Crippen molar-refractivity contribution >= 4 is 29.0 Å². The van der Waals surface area contributed by atoms with E-state index in [0.717, 1.165) is 14.9 Å². The molecule has 9 nitrogen and oxygen atoms in total. The lowest BCUT2D eigenvalue weighted by Gasteiger charge is -2.00. The van der Waals surface area contributed by atoms with Crippen LogP contribution in [-0.2, 0) is 11.3 Å². The van der Waals surface area contributed by atoms with E-state index in [-0.39, 0.29) is 25.0 Å². The molecule has 4 rings (SSSR count). The van der Waals surface area contributed by atoms with Crippen molar-refractivity contribution < 1.29 is 18.8 Å². The number of carbonyl (C=O) groups is 1. The number of hydrogen-bond acceptors (Lipinski definition) is 10. The molecule has 0 radical (unpaired) electrons. The molecule has 1 aliphatic rings. The van der Waals surface area contributed by atoms with E-state index >= 15 is 0 Å². The van der Waals surface area contributed by atoms with Crippen LogP contribution in [0.25, 0.3) is 11.5 Å². The van der Waals surface area contributed by atoms with Gasteiger partial charge in [0.1, 0.15) is 5.01 Å². The average Bonchev–Trinajstić information content (AvgIpc) is 3.38. The van der Waals surface area contributed by atoms with Gasteiger partial charge in [0.05, 0.1) is 12.3 Å². The van der Waals surface area contributed by atoms with Crippen LogP contribution in [0.1, 0.15) is 10.8 Å². The van der Waals surface area contributed by atoms with Gasteiger partial charge in [0.2, 0.25) is 12.7 Å². The molecular weight excluding hydrogens is 378 g/mol. The number of ether oxygens (including phenoxy) is 2. The highest BCUT2D eigenvalue weighted by Gasteiger charge is 2.17. The molecule has 3 heterocycles. The largest absolute Gasteiger partial charge is 0.454 e. The molecule has 0 bridgehead atoms. The highest BCUT2D eigenvalue weighted by atomic mass is 32.2. The summed E-state index contributed by atoms with van der Waals surface area (Å²) in [5.74, 6) is 2.18. The molecule has 2 aromatic heterocycles. The van der Waals surface area contributed by atoms with Gasteiger partial charge in [0, 0.05) is 5.56 Å². The van der Waals surface area contributed by atoms with Crippen LogP contribution in [0.4, 0.5) is 0 Å². The van der Waals surface area contributed by atoms with Gasteiger partial charge in [-0.15, -0.1) is 10.2 Å². The summed E-state index contributed by atoms with van der Waals surface area (Å²) in [5, 5.41) is 15.4. The van der Waals surface area contributed by atoms with E-state index in [9.17, 15) is 4.79 Å². The van der Waals surface area contributed by atoms with Gasteiger partial charge >= 0.3 is 0 Å². The molecule has 1 amide bonds. The van der Waals surface area contributed by atoms with Crippen LogP contribution in [0.2, 0.25) is 0 Å². The fourth-order valence-electron chi connectivity index (χ4n) is 2.17. The summed E-state index contributed by atoms with van der Waals surface area (Å²) < 4.78 is 16.6. The van der Waals surface area contributed by atoms with Crippen molar-refractivity contribution in [2.75, 3.05) is 12.5 Å². The minimum Gasteiger partial charge on any atom is -0.454 e. The maximum absolute atomic E-state index is 11.9. The fourth-order valence-corrected chi connectivity index (χ4v) is 3.81. The number of thioether (sulfide) groups is 1. The predicted octanol–water partition coefficient (Wildman–Crippen LogP) is 2.03. The molecule has 0 unspecified atom stereocenters. The Morgan fingerprint density at radius 2 is 2.19 bits per heavy atom. The van der Waals surface area contributed by atoms with Crippen molar-refractivity contribution in [3.8, 4) is 23.0 Å². The highest BCUT2D eigenvalue weighted by molar-refractivity contribution is 8.01. The first-order valence-electron chi connectivity index (χ1n) is 7.59. The van der Waals surface area contributed by atoms with E-state index in [0.29, 0.717) is 23.2 Å². The van der Waals surface area contributed by atoms with Gasteiger partial charge in [-0.2, -0.15) is 4.98 Å². The third-order valence-corrected chi connectivity index (χ3v) is 5.34. The molecule has 0 spiro atoms. The minimum absolute atomic E-state index is 0.141. The van der Waals surface area contributed by atoms with Crippen LogP contribution >= 0.6 is 23.1 Å². The van der Waals surface area contributed by atoms with E-state index < -0.39 is 0 Å². The van der Waals surface area contributed by atoms with Crippen LogP contribution in [-0.4, -0.2) is 38.8 Å². The first-order valence-corrected chi connectivity index (χ1v) is 9.40. The SMILES string of the molecule is Cc1nnc(SCC(=O)NCc2noc(-c3ccc4c(c3)OCO4)n2)s1. The van der Waals surface area contributed by atoms with E-state index in [1.807, 2.05) is 13.0 Å². The van der Waals surface area contributed by atoms with Gasteiger partial charge in [0.15, 0.2) is 21.7 Å². The van der Waals surface area contributed by atoms with Gasteiger partial charge in [0.25, 0.3) is 5.89 Å². The van der Waals surface area contributed by atoms with Crippen molar-refractivity contribution in [2.24, 2.45) is 0 Å². The zero-order valence-corrected chi connectivity index (χ0v) is 15.2. The Labute approximate surface area is 156 Å². The summed E-state index contributed by atoms with van der Waals surface area (Å²) in [7, 11) is 0. The lowest BCUT2D eigenvalue weighted by Crippen LogP contribution is -2.25. The van der Waals surface area contributed by atoms with Crippen LogP contribution in [0.3, 0.4) is 0 Å². The predicted molar refractivity (Wildman–Crippen MR) is 93.1 cm³/mol. The van der Waals surface area contributed by atoms with E-state index in [1.54, 1.807) is 12.1 Å². The summed E-state index contributed by atoms with van der Waals surface area (Å²) in [5.41, 5.74) is 0.724. The Morgan fingerprint density at radius 1 is 1.31 bits per heavy atom. The second-order valence-corrected chi connectivity index (χ2v) is 7.64. The van der Waals surface area contributed by atoms with E-state index in [1.165, 1.54) is 23.1 Å². The van der Waals surface area contributed by atoms with E-state index in [2.05, 4.69) is 25.7 Å². The summed E-state index contributed by atoms with van der Waals surface area (Å²) >= 11 is 2.80. The van der Waals surface area contributed by atoms with Crippen LogP contribution < -0.4 is 14.8 Å². The zero-order valence-electron chi connectivity index (χ0n) is 13.6. The van der Waals surface area contributed by atoms with Crippen molar-refractivity contribution in [3.63, 3.8) is 0 Å². The molecule has 0 atom stereocenters. The average molecular weight is 391 g/mol. The molecule has 26 heavy (non-hydrogen) atoms. The third kappa shape index (κ3) is 3.78. The standard InChI is InChI=1S/C15H13N5O4S2/c1-8-18-19-15(26-8)25-6-13(21)16-5-12-17-14(24-20-12)9-2-3-10-11(4-9)23-7-22-10/h2-4H,5-7H2,1H3,(H,16,21). The molecule has 134 valence electrons. The number of hydrogen-bond donors (Lipinski definition) is 1. The maximum atomic E-state index is 11.9. The van der Waals surface area contributed by atoms with Crippen molar-refractivity contribution in [1.82, 2.24) is 25.7 Å². The lowest BCUT2D eigenvalue weighted by molar-refractivity contribution is -0.118. The van der Waals surface area contributed by atoms with Crippen LogP contribution in [0, 0.1) is 6.92 Å². The molecule has 0 aliphatic carbocycles. The summed E-state index contributed by atoms with van der Waals surface area (Å²) in [6, 6.07) is 5.37. The summed E-state index contributed by atoms with van der Waals surface area (Å²) in [4.78, 5) is 16.2. The first-order chi connectivity index (χ1) is 12.7. The number of aromatic nitrogens is 4. The van der Waals surface area contributed by atoms with Crippen LogP contribution in [0.15, 0.2) is 27.1 Å². The van der Waals surface area contributed by atoms with Crippen molar-refractivity contribution in [2.45, 2.75) is 17.8 Å². The monoisotopic (exact) mass is 391 g/mol. The molecule has 0 saturated carbocycles. The molecular formula is C15H13N5O4S2. The number of aryl methyl sites for hydroxylation is 1. The Morgan fingerprint density at radius 3 is 3.04 bits per heavy atom. The van der Waals surface area contributed by atoms with Gasteiger partial charge in [-0.1, -0.05) is 28.3 Å². The smallest absolute Gasteiger partial charge is 0.258 e. The quantitative estimate of drug-likeness (QED) is 0.631. The number of fused-ring (bicyclic) bond motifs is 1. The Hall–Kier alpha value is -2.66. The molecule has 0 fully saturated rings. The minimum atomic E-state index is -0.141. The van der Waals surface area contributed by atoms with Crippen molar-refractivity contribution in [1.29, 1.82) is 0 Å². The molecule has 11 heteroatoms. The number of amides is 1. The Kier molecular flexibility index (Phi) is 4.71. The Balaban J connectivity index is 1.31. The number of benzene rings is 1. The summed E-state index contributed by atoms with van der Waals surface area (Å²) in [6.45, 7) is 2.26. The van der Waals surface area contributed by atoms with Gasteiger partial charge in [-0.25, -0.2) is 0 Å². The maximum Gasteiger partial charge on any atom is 0.258 e. The molecule has 1 N–H and O–H groups in total. The second kappa shape index (κ2) is 7.30. The van der Waals surface area contributed by atoms with Gasteiger partial charge < -0.3 is 19.3 Å². The molecule has 1 aliphatic heterocycles. The third-order valence-electron chi connectivity index (χ3n) is 3.37. The highest BCUT2D eigenvalue weighted by Crippen LogP contribution is 2.35.